The van der Waals surface area contributed by atoms with E-state index in [-0.39, 0.29) is 0 Å². The minimum Gasteiger partial charge on any atom is -0.468 e. The molecule has 1 saturated carbocycles. The highest BCUT2D eigenvalue weighted by Gasteiger charge is 2.16. The van der Waals surface area contributed by atoms with E-state index in [2.05, 4.69) is 18.3 Å². The molecule has 1 fully saturated rings. The summed E-state index contributed by atoms with van der Waals surface area (Å²) in [7, 11) is 0. The Morgan fingerprint density at radius 2 is 2.25 bits per heavy atom. The molecule has 0 spiro atoms. The van der Waals surface area contributed by atoms with Crippen LogP contribution in [0.5, 0.6) is 0 Å². The summed E-state index contributed by atoms with van der Waals surface area (Å²) in [6, 6.07) is 4.43. The van der Waals surface area contributed by atoms with Gasteiger partial charge in [0, 0.05) is 0 Å². The summed E-state index contributed by atoms with van der Waals surface area (Å²) < 4.78 is 5.45. The summed E-state index contributed by atoms with van der Waals surface area (Å²) in [6.07, 6.45) is 9.96. The lowest BCUT2D eigenvalue weighted by molar-refractivity contribution is 0.383. The van der Waals surface area contributed by atoms with Gasteiger partial charge in [0.25, 0.3) is 0 Å². The van der Waals surface area contributed by atoms with Crippen LogP contribution in [0.4, 0.5) is 0 Å². The zero-order valence-electron chi connectivity index (χ0n) is 10.2. The standard InChI is InChI=1S/C14H23NO/c1-2-13(14-8-5-11-16-14)15-10-9-12-6-3-4-7-12/h5,8,11-13,15H,2-4,6-7,9-10H2,1H3. The maximum Gasteiger partial charge on any atom is 0.120 e. The lowest BCUT2D eigenvalue weighted by Gasteiger charge is -2.16. The smallest absolute Gasteiger partial charge is 0.120 e. The van der Waals surface area contributed by atoms with Crippen molar-refractivity contribution in [2.24, 2.45) is 5.92 Å². The van der Waals surface area contributed by atoms with Crippen molar-refractivity contribution in [1.29, 1.82) is 0 Å². The predicted octanol–water partition coefficient (Wildman–Crippen LogP) is 3.90. The van der Waals surface area contributed by atoms with Crippen LogP contribution in [0.2, 0.25) is 0 Å². The van der Waals surface area contributed by atoms with E-state index < -0.39 is 0 Å². The minimum absolute atomic E-state index is 0.399. The number of hydrogen-bond donors (Lipinski definition) is 1. The molecule has 1 N–H and O–H groups in total. The molecule has 1 heterocycles. The molecule has 1 unspecified atom stereocenters. The molecule has 16 heavy (non-hydrogen) atoms. The number of furan rings is 1. The van der Waals surface area contributed by atoms with Crippen molar-refractivity contribution in [1.82, 2.24) is 5.32 Å². The molecule has 1 aromatic heterocycles. The second kappa shape index (κ2) is 6.09. The van der Waals surface area contributed by atoms with Crippen LogP contribution in [0.25, 0.3) is 0 Å². The van der Waals surface area contributed by atoms with Crippen LogP contribution in [-0.2, 0) is 0 Å². The Morgan fingerprint density at radius 3 is 2.88 bits per heavy atom. The van der Waals surface area contributed by atoms with Gasteiger partial charge in [-0.3, -0.25) is 0 Å². The third kappa shape index (κ3) is 3.11. The van der Waals surface area contributed by atoms with Crippen molar-refractivity contribution in [3.63, 3.8) is 0 Å². The molecule has 0 amide bonds. The van der Waals surface area contributed by atoms with Crippen LogP contribution in [0.1, 0.15) is 57.3 Å². The topological polar surface area (TPSA) is 25.2 Å². The van der Waals surface area contributed by atoms with Crippen molar-refractivity contribution in [2.75, 3.05) is 6.54 Å². The predicted molar refractivity (Wildman–Crippen MR) is 66.3 cm³/mol. The molecule has 2 rings (SSSR count). The highest BCUT2D eigenvalue weighted by Crippen LogP contribution is 2.27. The maximum atomic E-state index is 5.45. The second-order valence-electron chi connectivity index (χ2n) is 4.87. The molecule has 2 heteroatoms. The SMILES string of the molecule is CCC(NCCC1CCCC1)c1ccco1. The maximum absolute atomic E-state index is 5.45. The molecular formula is C14H23NO. The third-order valence-electron chi connectivity index (χ3n) is 3.71. The van der Waals surface area contributed by atoms with Crippen LogP contribution in [-0.4, -0.2) is 6.54 Å². The normalized spacial score (nSPS) is 19.1. The largest absolute Gasteiger partial charge is 0.468 e. The van der Waals surface area contributed by atoms with E-state index in [4.69, 9.17) is 4.42 Å². The lowest BCUT2D eigenvalue weighted by atomic mass is 10.0. The monoisotopic (exact) mass is 221 g/mol. The first-order valence-electron chi connectivity index (χ1n) is 6.67. The summed E-state index contributed by atoms with van der Waals surface area (Å²) in [4.78, 5) is 0. The Hall–Kier alpha value is -0.760. The van der Waals surface area contributed by atoms with E-state index in [0.29, 0.717) is 6.04 Å². The van der Waals surface area contributed by atoms with E-state index in [1.807, 2.05) is 6.07 Å². The third-order valence-corrected chi connectivity index (χ3v) is 3.71. The van der Waals surface area contributed by atoms with Crippen molar-refractivity contribution in [3.8, 4) is 0 Å². The highest BCUT2D eigenvalue weighted by atomic mass is 16.3. The Balaban J connectivity index is 1.71. The van der Waals surface area contributed by atoms with Crippen molar-refractivity contribution >= 4 is 0 Å². The van der Waals surface area contributed by atoms with E-state index >= 15 is 0 Å². The first-order chi connectivity index (χ1) is 7.90. The molecule has 1 aliphatic rings. The van der Waals surface area contributed by atoms with Gasteiger partial charge in [-0.2, -0.15) is 0 Å². The summed E-state index contributed by atoms with van der Waals surface area (Å²) >= 11 is 0. The Morgan fingerprint density at radius 1 is 1.44 bits per heavy atom. The van der Waals surface area contributed by atoms with Gasteiger partial charge in [-0.05, 0) is 37.4 Å². The van der Waals surface area contributed by atoms with Crippen molar-refractivity contribution in [2.45, 2.75) is 51.5 Å². The van der Waals surface area contributed by atoms with Gasteiger partial charge in [-0.15, -0.1) is 0 Å². The lowest BCUT2D eigenvalue weighted by Crippen LogP contribution is -2.22. The molecule has 0 aliphatic heterocycles. The van der Waals surface area contributed by atoms with Crippen molar-refractivity contribution < 1.29 is 4.42 Å². The average molecular weight is 221 g/mol. The minimum atomic E-state index is 0.399. The first kappa shape index (κ1) is 11.7. The van der Waals surface area contributed by atoms with Crippen molar-refractivity contribution in [3.05, 3.63) is 24.2 Å². The summed E-state index contributed by atoms with van der Waals surface area (Å²) in [6.45, 7) is 3.33. The van der Waals surface area contributed by atoms with Crippen LogP contribution < -0.4 is 5.32 Å². The zero-order valence-corrected chi connectivity index (χ0v) is 10.2. The van der Waals surface area contributed by atoms with Crippen LogP contribution in [0.15, 0.2) is 22.8 Å². The van der Waals surface area contributed by atoms with Gasteiger partial charge in [-0.1, -0.05) is 32.6 Å². The van der Waals surface area contributed by atoms with E-state index in [9.17, 15) is 0 Å². The van der Waals surface area contributed by atoms with Crippen LogP contribution >= 0.6 is 0 Å². The average Bonchev–Trinajstić information content (AvgIpc) is 2.96. The summed E-state index contributed by atoms with van der Waals surface area (Å²) in [5, 5.41) is 3.60. The van der Waals surface area contributed by atoms with Gasteiger partial charge in [0.1, 0.15) is 5.76 Å². The zero-order chi connectivity index (χ0) is 11.2. The molecule has 1 aromatic rings. The van der Waals surface area contributed by atoms with Crippen LogP contribution in [0.3, 0.4) is 0 Å². The fourth-order valence-corrected chi connectivity index (χ4v) is 2.70. The number of nitrogens with one attached hydrogen (secondary N) is 1. The molecule has 1 aliphatic carbocycles. The van der Waals surface area contributed by atoms with E-state index in [1.54, 1.807) is 6.26 Å². The summed E-state index contributed by atoms with van der Waals surface area (Å²) in [5.74, 6) is 2.05. The Labute approximate surface area is 98.4 Å². The quantitative estimate of drug-likeness (QED) is 0.788. The van der Waals surface area contributed by atoms with Gasteiger partial charge in [0.15, 0.2) is 0 Å². The summed E-state index contributed by atoms with van der Waals surface area (Å²) in [5.41, 5.74) is 0. The van der Waals surface area contributed by atoms with Gasteiger partial charge < -0.3 is 9.73 Å². The van der Waals surface area contributed by atoms with E-state index in [1.165, 1.54) is 32.1 Å². The number of rotatable bonds is 6. The molecule has 2 nitrogen and oxygen atoms in total. The van der Waals surface area contributed by atoms with Gasteiger partial charge in [0.2, 0.25) is 0 Å². The second-order valence-corrected chi connectivity index (χ2v) is 4.87. The Bertz CT molecular complexity index is 275. The first-order valence-corrected chi connectivity index (χ1v) is 6.67. The van der Waals surface area contributed by atoms with Gasteiger partial charge in [-0.25, -0.2) is 0 Å². The molecular weight excluding hydrogens is 198 g/mol. The molecule has 0 saturated heterocycles. The molecule has 0 radical (unpaired) electrons. The molecule has 1 atom stereocenters. The van der Waals surface area contributed by atoms with E-state index in [0.717, 1.165) is 24.6 Å². The fraction of sp³-hybridized carbons (Fsp3) is 0.714. The number of hydrogen-bond acceptors (Lipinski definition) is 2. The fourth-order valence-electron chi connectivity index (χ4n) is 2.70. The van der Waals surface area contributed by atoms with Gasteiger partial charge in [0.05, 0.1) is 12.3 Å². The molecule has 0 aromatic carbocycles. The Kier molecular flexibility index (Phi) is 4.46. The van der Waals surface area contributed by atoms with Gasteiger partial charge >= 0.3 is 0 Å². The van der Waals surface area contributed by atoms with Crippen LogP contribution in [0, 0.1) is 5.92 Å². The highest BCUT2D eigenvalue weighted by molar-refractivity contribution is 5.03. The molecule has 90 valence electrons. The molecule has 0 bridgehead atoms.